The van der Waals surface area contributed by atoms with Gasteiger partial charge >= 0.3 is 7.12 Å². The molecule has 0 amide bonds. The monoisotopic (exact) mass is 262 g/mol. The van der Waals surface area contributed by atoms with Crippen LogP contribution in [0.5, 0.6) is 0 Å². The molecule has 4 heteroatoms. The zero-order valence-corrected chi connectivity index (χ0v) is 8.24. The molecule has 0 aromatic heterocycles. The van der Waals surface area contributed by atoms with E-state index < -0.39 is 7.12 Å². The third-order valence-electron chi connectivity index (χ3n) is 1.36. The summed E-state index contributed by atoms with van der Waals surface area (Å²) in [7, 11) is -1.36. The molecule has 0 spiro atoms. The van der Waals surface area contributed by atoms with Crippen molar-refractivity contribution in [1.82, 2.24) is 0 Å². The Morgan fingerprint density at radius 2 is 1.91 bits per heavy atom. The third-order valence-corrected chi connectivity index (χ3v) is 1.99. The van der Waals surface area contributed by atoms with Crippen LogP contribution in [-0.2, 0) is 0 Å². The van der Waals surface area contributed by atoms with Crippen LogP contribution in [0.1, 0.15) is 5.56 Å². The highest BCUT2D eigenvalue weighted by atomic mass is 127. The minimum absolute atomic E-state index is 0.550. The zero-order chi connectivity index (χ0) is 8.43. The third kappa shape index (κ3) is 2.46. The van der Waals surface area contributed by atoms with E-state index in [0.29, 0.717) is 5.46 Å². The Hall–Kier alpha value is -0.0651. The van der Waals surface area contributed by atoms with Crippen LogP contribution in [-0.4, -0.2) is 17.2 Å². The Morgan fingerprint density at radius 1 is 1.27 bits per heavy atom. The second-order valence-corrected chi connectivity index (χ2v) is 3.68. The number of halogens is 1. The molecule has 58 valence electrons. The first kappa shape index (κ1) is 9.03. The number of benzene rings is 1. The van der Waals surface area contributed by atoms with Crippen molar-refractivity contribution in [3.8, 4) is 0 Å². The van der Waals surface area contributed by atoms with Gasteiger partial charge in [0, 0.05) is 3.57 Å². The maximum atomic E-state index is 8.82. The summed E-state index contributed by atoms with van der Waals surface area (Å²) in [6, 6.07) is 5.48. The van der Waals surface area contributed by atoms with E-state index in [0.717, 1.165) is 9.13 Å². The van der Waals surface area contributed by atoms with Gasteiger partial charge in [-0.2, -0.15) is 0 Å². The molecule has 1 aromatic carbocycles. The highest BCUT2D eigenvalue weighted by molar-refractivity contribution is 14.1. The van der Waals surface area contributed by atoms with Crippen LogP contribution in [0, 0.1) is 10.5 Å². The lowest BCUT2D eigenvalue weighted by molar-refractivity contribution is 0.425. The largest absolute Gasteiger partial charge is 0.488 e. The number of hydrogen-bond donors (Lipinski definition) is 2. The van der Waals surface area contributed by atoms with E-state index >= 15 is 0 Å². The summed E-state index contributed by atoms with van der Waals surface area (Å²) in [6.07, 6.45) is 0. The van der Waals surface area contributed by atoms with Gasteiger partial charge in [0.25, 0.3) is 0 Å². The molecule has 1 rings (SSSR count). The van der Waals surface area contributed by atoms with Crippen LogP contribution in [0.3, 0.4) is 0 Å². The molecular formula is C7H8BIO2. The standard InChI is InChI=1S/C7H8BIO2/c1-5-2-6(8(10)11)4-7(9)3-5/h2-4,10-11H,1H3. The maximum absolute atomic E-state index is 8.82. The fourth-order valence-corrected chi connectivity index (χ4v) is 1.76. The van der Waals surface area contributed by atoms with Crippen molar-refractivity contribution in [3.63, 3.8) is 0 Å². The van der Waals surface area contributed by atoms with Crippen molar-refractivity contribution in [3.05, 3.63) is 27.3 Å². The number of hydrogen-bond acceptors (Lipinski definition) is 2. The summed E-state index contributed by atoms with van der Waals surface area (Å²) in [4.78, 5) is 0. The molecule has 0 saturated heterocycles. The average Bonchev–Trinajstić information content (AvgIpc) is 1.85. The van der Waals surface area contributed by atoms with Crippen LogP contribution in [0.4, 0.5) is 0 Å². The fraction of sp³-hybridized carbons (Fsp3) is 0.143. The summed E-state index contributed by atoms with van der Waals surface area (Å²) in [5.41, 5.74) is 1.59. The molecule has 2 nitrogen and oxygen atoms in total. The lowest BCUT2D eigenvalue weighted by Gasteiger charge is -2.01. The van der Waals surface area contributed by atoms with Crippen LogP contribution in [0.25, 0.3) is 0 Å². The highest BCUT2D eigenvalue weighted by Crippen LogP contribution is 2.04. The van der Waals surface area contributed by atoms with E-state index in [1.807, 2.05) is 13.0 Å². The molecule has 2 N–H and O–H groups in total. The molecule has 0 atom stereocenters. The van der Waals surface area contributed by atoms with Gasteiger partial charge in [-0.05, 0) is 47.1 Å². The van der Waals surface area contributed by atoms with Crippen LogP contribution in [0.2, 0.25) is 0 Å². The Morgan fingerprint density at radius 3 is 2.36 bits per heavy atom. The molecule has 0 fully saturated rings. The van der Waals surface area contributed by atoms with Gasteiger partial charge in [-0.1, -0.05) is 11.6 Å². The average molecular weight is 262 g/mol. The van der Waals surface area contributed by atoms with Crippen LogP contribution < -0.4 is 5.46 Å². The Balaban J connectivity index is 3.08. The Labute approximate surface area is 79.5 Å². The topological polar surface area (TPSA) is 40.5 Å². The van der Waals surface area contributed by atoms with Crippen molar-refractivity contribution >= 4 is 35.2 Å². The van der Waals surface area contributed by atoms with Crippen LogP contribution >= 0.6 is 22.6 Å². The number of aryl methyl sites for hydroxylation is 1. The summed E-state index contributed by atoms with van der Waals surface area (Å²) < 4.78 is 1.02. The molecule has 0 saturated carbocycles. The highest BCUT2D eigenvalue weighted by Gasteiger charge is 2.10. The van der Waals surface area contributed by atoms with Gasteiger partial charge < -0.3 is 10.0 Å². The van der Waals surface area contributed by atoms with Gasteiger partial charge in [0.2, 0.25) is 0 Å². The second-order valence-electron chi connectivity index (χ2n) is 2.44. The lowest BCUT2D eigenvalue weighted by Crippen LogP contribution is -2.30. The molecule has 0 heterocycles. The predicted molar refractivity (Wildman–Crippen MR) is 53.7 cm³/mol. The minimum atomic E-state index is -1.36. The van der Waals surface area contributed by atoms with Crippen molar-refractivity contribution in [2.24, 2.45) is 0 Å². The molecule has 0 bridgehead atoms. The molecule has 11 heavy (non-hydrogen) atoms. The van der Waals surface area contributed by atoms with Gasteiger partial charge in [0.05, 0.1) is 0 Å². The van der Waals surface area contributed by atoms with E-state index in [1.54, 1.807) is 12.1 Å². The summed E-state index contributed by atoms with van der Waals surface area (Å²) in [6.45, 7) is 1.92. The normalized spacial score (nSPS) is 9.82. The van der Waals surface area contributed by atoms with Crippen molar-refractivity contribution < 1.29 is 10.0 Å². The first-order valence-electron chi connectivity index (χ1n) is 3.23. The van der Waals surface area contributed by atoms with Crippen molar-refractivity contribution in [2.45, 2.75) is 6.92 Å². The van der Waals surface area contributed by atoms with E-state index in [1.165, 1.54) is 0 Å². The van der Waals surface area contributed by atoms with Crippen molar-refractivity contribution in [1.29, 1.82) is 0 Å². The summed E-state index contributed by atoms with van der Waals surface area (Å²) in [5, 5.41) is 17.6. The van der Waals surface area contributed by atoms with Gasteiger partial charge in [0.15, 0.2) is 0 Å². The molecule has 0 radical (unpaired) electrons. The quantitative estimate of drug-likeness (QED) is 0.563. The summed E-state index contributed by atoms with van der Waals surface area (Å²) in [5.74, 6) is 0. The minimum Gasteiger partial charge on any atom is -0.423 e. The number of rotatable bonds is 1. The smallest absolute Gasteiger partial charge is 0.423 e. The van der Waals surface area contributed by atoms with Gasteiger partial charge in [0.1, 0.15) is 0 Å². The van der Waals surface area contributed by atoms with Gasteiger partial charge in [-0.15, -0.1) is 0 Å². The first-order chi connectivity index (χ1) is 5.09. The second kappa shape index (κ2) is 3.56. The molecule has 1 aromatic rings. The Kier molecular flexibility index (Phi) is 2.92. The first-order valence-corrected chi connectivity index (χ1v) is 4.30. The van der Waals surface area contributed by atoms with E-state index in [9.17, 15) is 0 Å². The molecule has 0 aliphatic rings. The van der Waals surface area contributed by atoms with E-state index in [-0.39, 0.29) is 0 Å². The molecule has 0 aliphatic heterocycles. The van der Waals surface area contributed by atoms with Gasteiger partial charge in [-0.3, -0.25) is 0 Å². The summed E-state index contributed by atoms with van der Waals surface area (Å²) >= 11 is 2.14. The zero-order valence-electron chi connectivity index (χ0n) is 6.08. The Bertz CT molecular complexity index is 242. The van der Waals surface area contributed by atoms with E-state index in [2.05, 4.69) is 22.6 Å². The molecular weight excluding hydrogens is 254 g/mol. The maximum Gasteiger partial charge on any atom is 0.488 e. The van der Waals surface area contributed by atoms with E-state index in [4.69, 9.17) is 10.0 Å². The SMILES string of the molecule is Cc1cc(I)cc(B(O)O)c1. The predicted octanol–water partition coefficient (Wildman–Crippen LogP) is 0.279. The molecule has 0 unspecified atom stereocenters. The molecule has 0 aliphatic carbocycles. The fourth-order valence-electron chi connectivity index (χ4n) is 0.914. The van der Waals surface area contributed by atoms with Gasteiger partial charge in [-0.25, -0.2) is 0 Å². The van der Waals surface area contributed by atoms with Crippen LogP contribution in [0.15, 0.2) is 18.2 Å². The van der Waals surface area contributed by atoms with Crippen molar-refractivity contribution in [2.75, 3.05) is 0 Å². The lowest BCUT2D eigenvalue weighted by atomic mass is 9.80.